The van der Waals surface area contributed by atoms with Crippen LogP contribution in [-0.2, 0) is 9.59 Å². The van der Waals surface area contributed by atoms with E-state index in [1.807, 2.05) is 0 Å². The van der Waals surface area contributed by atoms with E-state index in [0.29, 0.717) is 6.42 Å². The van der Waals surface area contributed by atoms with Crippen molar-refractivity contribution in [1.29, 1.82) is 0 Å². The zero-order valence-electron chi connectivity index (χ0n) is 7.55. The van der Waals surface area contributed by atoms with Crippen LogP contribution in [0.3, 0.4) is 0 Å². The summed E-state index contributed by atoms with van der Waals surface area (Å²) in [5.41, 5.74) is 0. The minimum absolute atomic E-state index is 0.300. The van der Waals surface area contributed by atoms with Gasteiger partial charge in [-0.3, -0.25) is 4.79 Å². The number of halogens is 1. The summed E-state index contributed by atoms with van der Waals surface area (Å²) < 4.78 is 0. The molecule has 0 radical (unpaired) electrons. The topological polar surface area (TPSA) is 66.4 Å². The van der Waals surface area contributed by atoms with Crippen molar-refractivity contribution in [1.82, 2.24) is 5.32 Å². The molecule has 0 aliphatic carbocycles. The molecule has 0 saturated heterocycles. The summed E-state index contributed by atoms with van der Waals surface area (Å²) in [5.74, 6) is -1.27. The molecule has 0 aromatic heterocycles. The molecule has 0 aromatic rings. The summed E-state index contributed by atoms with van der Waals surface area (Å²) >= 11 is 3.25. The van der Waals surface area contributed by atoms with Crippen LogP contribution in [0.2, 0.25) is 0 Å². The van der Waals surface area contributed by atoms with Crippen molar-refractivity contribution in [2.24, 2.45) is 0 Å². The summed E-state index contributed by atoms with van der Waals surface area (Å²) in [6, 6.07) is -0.739. The molecule has 1 amide bonds. The second kappa shape index (κ2) is 6.88. The van der Waals surface area contributed by atoms with Gasteiger partial charge in [0.05, 0.1) is 0 Å². The number of carboxylic acids is 1. The zero-order valence-corrected chi connectivity index (χ0v) is 9.13. The van der Waals surface area contributed by atoms with Gasteiger partial charge in [0.1, 0.15) is 6.04 Å². The van der Waals surface area contributed by atoms with Crippen LogP contribution in [0.5, 0.6) is 0 Å². The molecule has 0 aliphatic heterocycles. The highest BCUT2D eigenvalue weighted by molar-refractivity contribution is 9.09. The first kappa shape index (κ1) is 12.4. The first-order valence-corrected chi connectivity index (χ1v) is 5.26. The summed E-state index contributed by atoms with van der Waals surface area (Å²) in [6.45, 7) is 1.32. The molecule has 0 aliphatic rings. The van der Waals surface area contributed by atoms with Crippen LogP contribution in [0.15, 0.2) is 0 Å². The number of nitrogens with one attached hydrogen (secondary N) is 1. The van der Waals surface area contributed by atoms with Crippen LogP contribution in [0.25, 0.3) is 0 Å². The van der Waals surface area contributed by atoms with Gasteiger partial charge < -0.3 is 10.4 Å². The SMILES string of the molecule is CC(=O)NC(CCCCBr)C(=O)O. The first-order valence-electron chi connectivity index (χ1n) is 4.13. The van der Waals surface area contributed by atoms with Gasteiger partial charge in [0.25, 0.3) is 0 Å². The third kappa shape index (κ3) is 6.57. The molecule has 1 unspecified atom stereocenters. The molecule has 76 valence electrons. The second-order valence-corrected chi connectivity index (χ2v) is 3.57. The molecule has 0 bridgehead atoms. The van der Waals surface area contributed by atoms with Crippen LogP contribution >= 0.6 is 15.9 Å². The number of carboxylic acid groups (broad SMARTS) is 1. The fraction of sp³-hybridized carbons (Fsp3) is 0.750. The minimum atomic E-state index is -0.968. The van der Waals surface area contributed by atoms with E-state index in [2.05, 4.69) is 21.2 Å². The maximum absolute atomic E-state index is 10.6. The predicted octanol–water partition coefficient (Wildman–Crippen LogP) is 1.14. The molecular weight excluding hydrogens is 238 g/mol. The van der Waals surface area contributed by atoms with E-state index in [1.54, 1.807) is 0 Å². The summed E-state index contributed by atoms with van der Waals surface area (Å²) in [4.78, 5) is 21.2. The van der Waals surface area contributed by atoms with E-state index in [0.717, 1.165) is 18.2 Å². The monoisotopic (exact) mass is 251 g/mol. The lowest BCUT2D eigenvalue weighted by atomic mass is 10.1. The smallest absolute Gasteiger partial charge is 0.326 e. The summed E-state index contributed by atoms with van der Waals surface area (Å²) in [7, 11) is 0. The number of unbranched alkanes of at least 4 members (excludes halogenated alkanes) is 1. The van der Waals surface area contributed by atoms with Gasteiger partial charge >= 0.3 is 5.97 Å². The molecule has 0 fully saturated rings. The van der Waals surface area contributed by atoms with Gasteiger partial charge in [0.15, 0.2) is 0 Å². The molecule has 0 rings (SSSR count). The maximum atomic E-state index is 10.6. The maximum Gasteiger partial charge on any atom is 0.326 e. The van der Waals surface area contributed by atoms with Gasteiger partial charge in [-0.25, -0.2) is 4.79 Å². The normalized spacial score (nSPS) is 12.2. The minimum Gasteiger partial charge on any atom is -0.480 e. The van der Waals surface area contributed by atoms with Crippen LogP contribution in [0.4, 0.5) is 0 Å². The molecule has 13 heavy (non-hydrogen) atoms. The van der Waals surface area contributed by atoms with E-state index < -0.39 is 12.0 Å². The number of carbonyl (C=O) groups excluding carboxylic acids is 1. The number of hydrogen-bond acceptors (Lipinski definition) is 2. The third-order valence-electron chi connectivity index (χ3n) is 1.55. The van der Waals surface area contributed by atoms with Crippen LogP contribution < -0.4 is 5.32 Å². The highest BCUT2D eigenvalue weighted by Crippen LogP contribution is 2.03. The number of rotatable bonds is 6. The average molecular weight is 252 g/mol. The van der Waals surface area contributed by atoms with E-state index >= 15 is 0 Å². The lowest BCUT2D eigenvalue weighted by molar-refractivity contribution is -0.141. The number of carbonyl (C=O) groups is 2. The van der Waals surface area contributed by atoms with Crippen LogP contribution in [-0.4, -0.2) is 28.4 Å². The molecule has 5 heteroatoms. The lowest BCUT2D eigenvalue weighted by Gasteiger charge is -2.12. The van der Waals surface area contributed by atoms with Crippen LogP contribution in [0, 0.1) is 0 Å². The van der Waals surface area contributed by atoms with Gasteiger partial charge in [-0.2, -0.15) is 0 Å². The highest BCUT2D eigenvalue weighted by atomic mass is 79.9. The molecule has 0 heterocycles. The van der Waals surface area contributed by atoms with Gasteiger partial charge in [-0.15, -0.1) is 0 Å². The Balaban J connectivity index is 3.81. The van der Waals surface area contributed by atoms with Crippen molar-refractivity contribution in [2.75, 3.05) is 5.33 Å². The molecule has 4 nitrogen and oxygen atoms in total. The first-order chi connectivity index (χ1) is 6.07. The summed E-state index contributed by atoms with van der Waals surface area (Å²) in [6.07, 6.45) is 2.20. The Morgan fingerprint density at radius 3 is 2.46 bits per heavy atom. The van der Waals surface area contributed by atoms with E-state index in [9.17, 15) is 9.59 Å². The van der Waals surface area contributed by atoms with Crippen molar-refractivity contribution in [3.63, 3.8) is 0 Å². The standard InChI is InChI=1S/C8H14BrNO3/c1-6(11)10-7(8(12)13)4-2-3-5-9/h7H,2-5H2,1H3,(H,10,11)(H,12,13). The van der Waals surface area contributed by atoms with Gasteiger partial charge in [0.2, 0.25) is 5.91 Å². The zero-order chi connectivity index (χ0) is 10.3. The predicted molar refractivity (Wildman–Crippen MR) is 52.9 cm³/mol. The Morgan fingerprint density at radius 2 is 2.08 bits per heavy atom. The van der Waals surface area contributed by atoms with Crippen LogP contribution in [0.1, 0.15) is 26.2 Å². The van der Waals surface area contributed by atoms with E-state index in [4.69, 9.17) is 5.11 Å². The Morgan fingerprint density at radius 1 is 1.46 bits per heavy atom. The Bertz CT molecular complexity index is 184. The van der Waals surface area contributed by atoms with Crippen molar-refractivity contribution >= 4 is 27.8 Å². The molecule has 0 aromatic carbocycles. The van der Waals surface area contributed by atoms with Crippen molar-refractivity contribution < 1.29 is 14.7 Å². The van der Waals surface area contributed by atoms with Gasteiger partial charge in [-0.05, 0) is 19.3 Å². The molecule has 1 atom stereocenters. The Hall–Kier alpha value is -0.580. The lowest BCUT2D eigenvalue weighted by Crippen LogP contribution is -2.39. The van der Waals surface area contributed by atoms with E-state index in [1.165, 1.54) is 6.92 Å². The number of amides is 1. The van der Waals surface area contributed by atoms with Crippen molar-refractivity contribution in [3.8, 4) is 0 Å². The number of alkyl halides is 1. The van der Waals surface area contributed by atoms with Gasteiger partial charge in [0, 0.05) is 12.3 Å². The van der Waals surface area contributed by atoms with Crippen molar-refractivity contribution in [2.45, 2.75) is 32.2 Å². The number of aliphatic carboxylic acids is 1. The third-order valence-corrected chi connectivity index (χ3v) is 2.11. The van der Waals surface area contributed by atoms with E-state index in [-0.39, 0.29) is 5.91 Å². The number of hydrogen-bond donors (Lipinski definition) is 2. The highest BCUT2D eigenvalue weighted by Gasteiger charge is 2.16. The fourth-order valence-corrected chi connectivity index (χ4v) is 1.34. The molecular formula is C8H14BrNO3. The second-order valence-electron chi connectivity index (χ2n) is 2.78. The molecule has 2 N–H and O–H groups in total. The summed E-state index contributed by atoms with van der Waals surface area (Å²) in [5, 5.41) is 11.9. The Kier molecular flexibility index (Phi) is 6.58. The average Bonchev–Trinajstić information content (AvgIpc) is 2.02. The quantitative estimate of drug-likeness (QED) is 0.550. The Labute approximate surface area is 85.8 Å². The largest absolute Gasteiger partial charge is 0.480 e. The molecule has 0 spiro atoms. The van der Waals surface area contributed by atoms with Gasteiger partial charge in [-0.1, -0.05) is 15.9 Å². The molecule has 0 saturated carbocycles. The van der Waals surface area contributed by atoms with Crippen molar-refractivity contribution in [3.05, 3.63) is 0 Å². The fourth-order valence-electron chi connectivity index (χ4n) is 0.946.